The number of benzene rings is 3. The van der Waals surface area contributed by atoms with Gasteiger partial charge in [-0.2, -0.15) is 5.23 Å². The molecule has 2 aliphatic rings. The topological polar surface area (TPSA) is 110 Å². The molecule has 1 heterocycles. The predicted molar refractivity (Wildman–Crippen MR) is 147 cm³/mol. The highest BCUT2D eigenvalue weighted by Crippen LogP contribution is 2.46. The number of esters is 1. The van der Waals surface area contributed by atoms with E-state index in [2.05, 4.69) is 19.1 Å². The molecular formula is C31H31NO7. The van der Waals surface area contributed by atoms with Crippen LogP contribution in [0, 0.1) is 5.21 Å². The summed E-state index contributed by atoms with van der Waals surface area (Å²) < 4.78 is 17.4. The Morgan fingerprint density at radius 2 is 1.85 bits per heavy atom. The van der Waals surface area contributed by atoms with Crippen LogP contribution >= 0.6 is 0 Å². The van der Waals surface area contributed by atoms with Crippen molar-refractivity contribution in [3.05, 3.63) is 82.1 Å². The molecule has 8 heteroatoms. The summed E-state index contributed by atoms with van der Waals surface area (Å²) in [6.45, 7) is 4.03. The van der Waals surface area contributed by atoms with Crippen LogP contribution in [0.25, 0.3) is 21.5 Å². The Bertz CT molecular complexity index is 1530. The van der Waals surface area contributed by atoms with Crippen molar-refractivity contribution in [1.82, 2.24) is 0 Å². The fourth-order valence-electron chi connectivity index (χ4n) is 5.28. The number of fused-ring (bicyclic) bond motifs is 5. The van der Waals surface area contributed by atoms with E-state index in [1.807, 2.05) is 31.2 Å². The molecule has 0 radical (unpaired) electrons. The van der Waals surface area contributed by atoms with E-state index < -0.39 is 17.3 Å². The van der Waals surface area contributed by atoms with Crippen LogP contribution in [0.15, 0.2) is 71.3 Å². The lowest BCUT2D eigenvalue weighted by atomic mass is 9.95. The summed E-state index contributed by atoms with van der Waals surface area (Å²) in [5.74, 6) is 0.0542. The van der Waals surface area contributed by atoms with Crippen molar-refractivity contribution in [2.75, 3.05) is 6.79 Å². The van der Waals surface area contributed by atoms with Crippen LogP contribution in [0.4, 0.5) is 5.69 Å². The summed E-state index contributed by atoms with van der Waals surface area (Å²) in [5, 5.41) is 23.5. The zero-order chi connectivity index (χ0) is 27.5. The summed E-state index contributed by atoms with van der Waals surface area (Å²) >= 11 is 0. The second-order valence-corrected chi connectivity index (χ2v) is 10.0. The smallest absolute Gasteiger partial charge is 0.339 e. The highest BCUT2D eigenvalue weighted by atomic mass is 16.8. The standard InChI is InChI=1S/C31H31NO7/c1-19-7-5-9-20(2)13-23(14-21(17-33)10-6-8-19)39-31(34)25-16-27-30(38-18-37-27)29-24-12-4-3-11-22(24)15-26(28(25)29)32(35)36/h3-4,8-9,11-12,14-17,23,32,35H,5-7,10,13,18H2,1-2H3/t23-/m1/s1. The molecule has 39 heavy (non-hydrogen) atoms. The van der Waals surface area contributed by atoms with Crippen molar-refractivity contribution in [2.24, 2.45) is 0 Å². The van der Waals surface area contributed by atoms with Crippen LogP contribution in [-0.2, 0) is 9.53 Å². The molecule has 0 saturated heterocycles. The van der Waals surface area contributed by atoms with E-state index in [1.165, 1.54) is 11.6 Å². The molecule has 5 rings (SSSR count). The number of carbonyl (C=O) groups excluding carboxylic acids is 2. The molecular weight excluding hydrogens is 498 g/mol. The van der Waals surface area contributed by atoms with Gasteiger partial charge in [0.25, 0.3) is 0 Å². The van der Waals surface area contributed by atoms with E-state index in [0.717, 1.165) is 36.5 Å². The van der Waals surface area contributed by atoms with Gasteiger partial charge in [-0.15, -0.1) is 0 Å². The fraction of sp³-hybridized carbons (Fsp3) is 0.290. The Labute approximate surface area is 226 Å². The number of quaternary nitrogens is 1. The monoisotopic (exact) mass is 529 g/mol. The Morgan fingerprint density at radius 3 is 2.64 bits per heavy atom. The average Bonchev–Trinajstić information content (AvgIpc) is 3.39. The molecule has 3 aromatic rings. The number of aldehydes is 1. The third-order valence-corrected chi connectivity index (χ3v) is 7.20. The maximum Gasteiger partial charge on any atom is 0.339 e. The van der Waals surface area contributed by atoms with Gasteiger partial charge in [-0.05, 0) is 68.0 Å². The van der Waals surface area contributed by atoms with Crippen LogP contribution in [0.2, 0.25) is 0 Å². The van der Waals surface area contributed by atoms with Gasteiger partial charge in [-0.1, -0.05) is 47.6 Å². The summed E-state index contributed by atoms with van der Waals surface area (Å²) in [4.78, 5) is 25.6. The predicted octanol–water partition coefficient (Wildman–Crippen LogP) is 5.63. The number of nitrogens with one attached hydrogen (secondary N) is 1. The van der Waals surface area contributed by atoms with Crippen LogP contribution < -0.4 is 14.7 Å². The zero-order valence-corrected chi connectivity index (χ0v) is 22.0. The molecule has 0 bridgehead atoms. The Kier molecular flexibility index (Phi) is 7.79. The minimum Gasteiger partial charge on any atom is -0.595 e. The molecule has 202 valence electrons. The van der Waals surface area contributed by atoms with Crippen molar-refractivity contribution in [1.29, 1.82) is 0 Å². The quantitative estimate of drug-likeness (QED) is 0.148. The number of hydrogen-bond donors (Lipinski definition) is 2. The minimum atomic E-state index is -1.17. The van der Waals surface area contributed by atoms with Crippen LogP contribution in [0.3, 0.4) is 0 Å². The van der Waals surface area contributed by atoms with Gasteiger partial charge in [-0.3, -0.25) is 4.79 Å². The van der Waals surface area contributed by atoms with Crippen LogP contribution in [0.1, 0.15) is 56.3 Å². The molecule has 8 nitrogen and oxygen atoms in total. The molecule has 0 saturated carbocycles. The maximum atomic E-state index is 13.8. The lowest BCUT2D eigenvalue weighted by Gasteiger charge is -2.20. The fourth-order valence-corrected chi connectivity index (χ4v) is 5.28. The number of ether oxygens (including phenoxy) is 3. The van der Waals surface area contributed by atoms with Gasteiger partial charge in [0.15, 0.2) is 17.2 Å². The van der Waals surface area contributed by atoms with Crippen molar-refractivity contribution in [2.45, 2.75) is 52.1 Å². The van der Waals surface area contributed by atoms with Crippen molar-refractivity contribution < 1.29 is 34.2 Å². The first-order chi connectivity index (χ1) is 18.9. The van der Waals surface area contributed by atoms with E-state index >= 15 is 0 Å². The number of allylic oxidation sites excluding steroid dienone is 4. The average molecular weight is 530 g/mol. The van der Waals surface area contributed by atoms with Crippen molar-refractivity contribution in [3.8, 4) is 11.5 Å². The van der Waals surface area contributed by atoms with Crippen LogP contribution in [0.5, 0.6) is 11.5 Å². The normalized spacial score (nSPS) is 18.9. The van der Waals surface area contributed by atoms with Crippen LogP contribution in [-0.4, -0.2) is 30.4 Å². The lowest BCUT2D eigenvalue weighted by molar-refractivity contribution is -0.990. The molecule has 0 aromatic heterocycles. The number of rotatable bonds is 4. The molecule has 1 aliphatic heterocycles. The Balaban J connectivity index is 1.62. The molecule has 1 unspecified atom stereocenters. The molecule has 0 amide bonds. The molecule has 2 atom stereocenters. The van der Waals surface area contributed by atoms with Crippen molar-refractivity contribution in [3.63, 3.8) is 0 Å². The zero-order valence-electron chi connectivity index (χ0n) is 22.0. The SMILES string of the molecule is CC1=CCCC(C=O)=C[C@H](OC(=O)c2cc3c(c4c2c([NH+]([O-])O)cc2ccccc24)OCO3)CC(C)=CCC1. The highest BCUT2D eigenvalue weighted by Gasteiger charge is 2.30. The first-order valence-electron chi connectivity index (χ1n) is 13.0. The summed E-state index contributed by atoms with van der Waals surface area (Å²) in [6.07, 6.45) is 9.56. The minimum absolute atomic E-state index is 0.0324. The van der Waals surface area contributed by atoms with Gasteiger partial charge in [-0.25, -0.2) is 10.0 Å². The van der Waals surface area contributed by atoms with Gasteiger partial charge in [0.1, 0.15) is 12.4 Å². The summed E-state index contributed by atoms with van der Waals surface area (Å²) in [6, 6.07) is 10.4. The van der Waals surface area contributed by atoms with E-state index in [1.54, 1.807) is 12.1 Å². The van der Waals surface area contributed by atoms with Gasteiger partial charge in [0.05, 0.1) is 10.9 Å². The van der Waals surface area contributed by atoms with Crippen molar-refractivity contribution >= 4 is 39.5 Å². The molecule has 1 aliphatic carbocycles. The molecule has 0 fully saturated rings. The summed E-state index contributed by atoms with van der Waals surface area (Å²) in [7, 11) is 0. The third-order valence-electron chi connectivity index (χ3n) is 7.20. The second kappa shape index (κ2) is 11.4. The Hall–Kier alpha value is -3.98. The van der Waals surface area contributed by atoms with Gasteiger partial charge in [0.2, 0.25) is 6.79 Å². The lowest BCUT2D eigenvalue weighted by Crippen LogP contribution is -2.99. The second-order valence-electron chi connectivity index (χ2n) is 10.0. The number of carbonyl (C=O) groups is 2. The summed E-state index contributed by atoms with van der Waals surface area (Å²) in [5.41, 5.74) is 2.91. The van der Waals surface area contributed by atoms with Gasteiger partial charge >= 0.3 is 5.97 Å². The Morgan fingerprint density at radius 1 is 1.08 bits per heavy atom. The first-order valence-corrected chi connectivity index (χ1v) is 13.0. The van der Waals surface area contributed by atoms with Gasteiger partial charge in [0, 0.05) is 17.9 Å². The molecule has 2 N–H and O–H groups in total. The molecule has 3 aromatic carbocycles. The van der Waals surface area contributed by atoms with Gasteiger partial charge < -0.3 is 19.4 Å². The molecule has 0 spiro atoms. The first kappa shape index (κ1) is 26.6. The van der Waals surface area contributed by atoms with E-state index in [-0.39, 0.29) is 23.4 Å². The number of hydrogen-bond acceptors (Lipinski definition) is 7. The largest absolute Gasteiger partial charge is 0.595 e. The van der Waals surface area contributed by atoms with E-state index in [0.29, 0.717) is 40.7 Å². The maximum absolute atomic E-state index is 13.8. The van der Waals surface area contributed by atoms with E-state index in [4.69, 9.17) is 14.2 Å². The highest BCUT2D eigenvalue weighted by molar-refractivity contribution is 6.21. The van der Waals surface area contributed by atoms with E-state index in [9.17, 15) is 20.0 Å². The third kappa shape index (κ3) is 5.59.